The fraction of sp³-hybridized carbons (Fsp3) is 0.857. The van der Waals surface area contributed by atoms with Gasteiger partial charge in [0.05, 0.1) is 12.1 Å². The topological polar surface area (TPSA) is 49.7 Å². The molecule has 0 aromatic heterocycles. The highest BCUT2D eigenvalue weighted by Crippen LogP contribution is 2.14. The molecular weight excluding hydrogens is 256 g/mol. The summed E-state index contributed by atoms with van der Waals surface area (Å²) in [6, 6.07) is 2.28. The zero-order valence-corrected chi connectivity index (χ0v) is 12.4. The number of aliphatic imine (C=N–C) groups is 2. The minimum atomic E-state index is 0.301. The van der Waals surface area contributed by atoms with Crippen LogP contribution in [0.25, 0.3) is 0 Å². The predicted molar refractivity (Wildman–Crippen MR) is 78.1 cm³/mol. The lowest BCUT2D eigenvalue weighted by Crippen LogP contribution is -2.42. The molecule has 1 fully saturated rings. The second kappa shape index (κ2) is 5.89. The zero-order valence-electron chi connectivity index (χ0n) is 12.4. The van der Waals surface area contributed by atoms with E-state index in [4.69, 9.17) is 9.47 Å². The third kappa shape index (κ3) is 2.99. The maximum atomic E-state index is 5.66. The Hall–Kier alpha value is -1.46. The first-order valence-electron chi connectivity index (χ1n) is 7.63. The number of nitrogens with zero attached hydrogens (tertiary/aromatic N) is 4. The van der Waals surface area contributed by atoms with E-state index in [1.54, 1.807) is 0 Å². The van der Waals surface area contributed by atoms with Crippen molar-refractivity contribution in [3.8, 4) is 0 Å². The highest BCUT2D eigenvalue weighted by atomic mass is 16.5. The summed E-state index contributed by atoms with van der Waals surface area (Å²) < 4.78 is 11.3. The van der Waals surface area contributed by atoms with Crippen molar-refractivity contribution in [2.24, 2.45) is 9.98 Å². The van der Waals surface area contributed by atoms with Gasteiger partial charge in [0.2, 0.25) is 0 Å². The van der Waals surface area contributed by atoms with Crippen molar-refractivity contribution in [2.75, 3.05) is 39.4 Å². The standard InChI is InChI=1S/C14H24N4O2/c1-11-9-19-13(15-11)17-5-3-7-18(8-4-6-17)14-16-12(2)10-20-14/h11-12H,3-10H2,1-2H3/t11-,12-/m0/s1. The molecule has 1 saturated heterocycles. The Bertz CT molecular complexity index is 364. The lowest BCUT2D eigenvalue weighted by Gasteiger charge is -2.30. The summed E-state index contributed by atoms with van der Waals surface area (Å²) in [7, 11) is 0. The van der Waals surface area contributed by atoms with Gasteiger partial charge in [0.1, 0.15) is 13.2 Å². The van der Waals surface area contributed by atoms with Gasteiger partial charge < -0.3 is 19.3 Å². The van der Waals surface area contributed by atoms with Crippen LogP contribution in [-0.4, -0.2) is 73.3 Å². The van der Waals surface area contributed by atoms with Gasteiger partial charge in [0.15, 0.2) is 0 Å². The van der Waals surface area contributed by atoms with Crippen LogP contribution in [0.3, 0.4) is 0 Å². The van der Waals surface area contributed by atoms with E-state index in [9.17, 15) is 0 Å². The van der Waals surface area contributed by atoms with Crippen molar-refractivity contribution in [1.29, 1.82) is 0 Å². The van der Waals surface area contributed by atoms with Crippen molar-refractivity contribution in [3.05, 3.63) is 0 Å². The van der Waals surface area contributed by atoms with Crippen LogP contribution in [0.15, 0.2) is 9.98 Å². The molecule has 0 saturated carbocycles. The quantitative estimate of drug-likeness (QED) is 0.662. The molecule has 0 amide bonds. The summed E-state index contributed by atoms with van der Waals surface area (Å²) in [5.41, 5.74) is 0. The van der Waals surface area contributed by atoms with E-state index >= 15 is 0 Å². The Morgan fingerprint density at radius 3 is 1.50 bits per heavy atom. The summed E-state index contributed by atoms with van der Waals surface area (Å²) in [5.74, 6) is 0. The molecule has 0 aliphatic carbocycles. The molecule has 3 heterocycles. The normalized spacial score (nSPS) is 31.1. The minimum Gasteiger partial charge on any atom is -0.463 e. The SMILES string of the molecule is C[C@H]1COC(N2CCCN(C3=N[C@@H](C)CO3)CCC2)=N1. The molecule has 3 aliphatic rings. The van der Waals surface area contributed by atoms with E-state index in [1.165, 1.54) is 0 Å². The van der Waals surface area contributed by atoms with Gasteiger partial charge in [-0.3, -0.25) is 0 Å². The first-order valence-corrected chi connectivity index (χ1v) is 7.63. The molecule has 0 spiro atoms. The Kier molecular flexibility index (Phi) is 3.98. The van der Waals surface area contributed by atoms with E-state index in [0.29, 0.717) is 12.1 Å². The summed E-state index contributed by atoms with van der Waals surface area (Å²) in [5, 5.41) is 0. The Balaban J connectivity index is 1.54. The molecule has 6 nitrogen and oxygen atoms in total. The fourth-order valence-electron chi connectivity index (χ4n) is 2.77. The van der Waals surface area contributed by atoms with E-state index in [1.807, 2.05) is 0 Å². The molecule has 0 unspecified atom stereocenters. The molecule has 0 N–H and O–H groups in total. The Morgan fingerprint density at radius 2 is 1.20 bits per heavy atom. The van der Waals surface area contributed by atoms with Gasteiger partial charge >= 0.3 is 0 Å². The molecule has 6 heteroatoms. The summed E-state index contributed by atoms with van der Waals surface area (Å²) >= 11 is 0. The van der Waals surface area contributed by atoms with Crippen molar-refractivity contribution >= 4 is 12.0 Å². The van der Waals surface area contributed by atoms with E-state index in [0.717, 1.165) is 64.3 Å². The maximum Gasteiger partial charge on any atom is 0.287 e. The number of hydrogen-bond donors (Lipinski definition) is 0. The minimum absolute atomic E-state index is 0.301. The van der Waals surface area contributed by atoms with Gasteiger partial charge in [0.25, 0.3) is 12.0 Å². The average molecular weight is 280 g/mol. The summed E-state index contributed by atoms with van der Waals surface area (Å²) in [6.07, 6.45) is 2.15. The largest absolute Gasteiger partial charge is 0.463 e. The van der Waals surface area contributed by atoms with Crippen LogP contribution in [0, 0.1) is 0 Å². The Morgan fingerprint density at radius 1 is 0.800 bits per heavy atom. The van der Waals surface area contributed by atoms with Crippen LogP contribution in [0.1, 0.15) is 26.7 Å². The number of hydrogen-bond acceptors (Lipinski definition) is 6. The molecule has 3 aliphatic heterocycles. The number of amidine groups is 2. The van der Waals surface area contributed by atoms with Crippen LogP contribution < -0.4 is 0 Å². The zero-order chi connectivity index (χ0) is 13.9. The van der Waals surface area contributed by atoms with Crippen LogP contribution in [0.2, 0.25) is 0 Å². The van der Waals surface area contributed by atoms with Crippen LogP contribution >= 0.6 is 0 Å². The van der Waals surface area contributed by atoms with Gasteiger partial charge in [-0.05, 0) is 26.7 Å². The second-order valence-electron chi connectivity index (χ2n) is 5.82. The molecule has 112 valence electrons. The van der Waals surface area contributed by atoms with Gasteiger partial charge in [-0.2, -0.15) is 0 Å². The van der Waals surface area contributed by atoms with Crippen LogP contribution in [-0.2, 0) is 9.47 Å². The van der Waals surface area contributed by atoms with Crippen molar-refractivity contribution in [2.45, 2.75) is 38.8 Å². The van der Waals surface area contributed by atoms with Crippen molar-refractivity contribution in [3.63, 3.8) is 0 Å². The highest BCUT2D eigenvalue weighted by molar-refractivity contribution is 5.76. The molecule has 20 heavy (non-hydrogen) atoms. The first-order chi connectivity index (χ1) is 9.72. The molecular formula is C14H24N4O2. The van der Waals surface area contributed by atoms with Crippen molar-refractivity contribution in [1.82, 2.24) is 9.80 Å². The third-order valence-electron chi connectivity index (χ3n) is 3.82. The smallest absolute Gasteiger partial charge is 0.287 e. The van der Waals surface area contributed by atoms with E-state index < -0.39 is 0 Å². The van der Waals surface area contributed by atoms with E-state index in [-0.39, 0.29) is 0 Å². The van der Waals surface area contributed by atoms with Crippen molar-refractivity contribution < 1.29 is 9.47 Å². The van der Waals surface area contributed by atoms with Gasteiger partial charge in [-0.1, -0.05) is 0 Å². The summed E-state index contributed by atoms with van der Waals surface area (Å²) in [4.78, 5) is 13.7. The number of ether oxygens (including phenoxy) is 2. The van der Waals surface area contributed by atoms with E-state index in [2.05, 4.69) is 33.6 Å². The Labute approximate surface area is 120 Å². The van der Waals surface area contributed by atoms with Gasteiger partial charge in [-0.15, -0.1) is 0 Å². The molecule has 0 radical (unpaired) electrons. The maximum absolute atomic E-state index is 5.66. The molecule has 0 aromatic carbocycles. The molecule has 0 bridgehead atoms. The lowest BCUT2D eigenvalue weighted by atomic mass is 10.2. The van der Waals surface area contributed by atoms with Crippen LogP contribution in [0.4, 0.5) is 0 Å². The predicted octanol–water partition coefficient (Wildman–Crippen LogP) is 0.934. The molecule has 3 rings (SSSR count). The fourth-order valence-corrected chi connectivity index (χ4v) is 2.77. The average Bonchev–Trinajstić information content (AvgIpc) is 2.98. The number of rotatable bonds is 0. The van der Waals surface area contributed by atoms with Gasteiger partial charge in [-0.25, -0.2) is 9.98 Å². The molecule has 2 atom stereocenters. The second-order valence-corrected chi connectivity index (χ2v) is 5.82. The monoisotopic (exact) mass is 280 g/mol. The third-order valence-corrected chi connectivity index (χ3v) is 3.82. The van der Waals surface area contributed by atoms with Gasteiger partial charge in [0, 0.05) is 26.2 Å². The lowest BCUT2D eigenvalue weighted by molar-refractivity contribution is 0.207. The highest BCUT2D eigenvalue weighted by Gasteiger charge is 2.25. The molecule has 0 aromatic rings. The first kappa shape index (κ1) is 13.5. The summed E-state index contributed by atoms with van der Waals surface area (Å²) in [6.45, 7) is 9.59. The van der Waals surface area contributed by atoms with Crippen LogP contribution in [0.5, 0.6) is 0 Å².